The van der Waals surface area contributed by atoms with Crippen LogP contribution in [0.5, 0.6) is 0 Å². The minimum absolute atomic E-state index is 0.277. The van der Waals surface area contributed by atoms with Gasteiger partial charge in [0.2, 0.25) is 0 Å². The molecule has 0 aliphatic rings. The van der Waals surface area contributed by atoms with Gasteiger partial charge in [0, 0.05) is 12.4 Å². The minimum Gasteiger partial charge on any atom is -0.296 e. The van der Waals surface area contributed by atoms with Crippen LogP contribution >= 0.6 is 11.3 Å². The molecule has 1 aromatic carbocycles. The molecule has 1 N–H and O–H groups in total. The molecule has 0 unspecified atom stereocenters. The zero-order valence-corrected chi connectivity index (χ0v) is 11.9. The number of carbonyl (C=O) groups excluding carboxylic acids is 1. The zero-order chi connectivity index (χ0) is 14.1. The number of benzene rings is 1. The predicted octanol–water partition coefficient (Wildman–Crippen LogP) is 2.96. The Bertz CT molecular complexity index is 782. The van der Waals surface area contributed by atoms with Crippen LogP contribution in [0, 0.1) is 13.8 Å². The number of hydrogen-bond donors (Lipinski definition) is 1. The van der Waals surface area contributed by atoms with Crippen LogP contribution in [-0.4, -0.2) is 20.9 Å². The number of fused-ring (bicyclic) bond motifs is 1. The standard InChI is InChI=1S/C14H12N4OS/c1-8-5-9(2)12-10(6-8)17-14(20-12)18-13(19)11-7-15-3-4-16-11/h3-7H,1-2H3,(H,17,18,19). The van der Waals surface area contributed by atoms with E-state index in [9.17, 15) is 4.79 Å². The molecule has 0 saturated heterocycles. The lowest BCUT2D eigenvalue weighted by atomic mass is 10.1. The summed E-state index contributed by atoms with van der Waals surface area (Å²) in [5.74, 6) is -0.300. The Balaban J connectivity index is 1.92. The first kappa shape index (κ1) is 12.7. The first-order valence-electron chi connectivity index (χ1n) is 6.08. The Morgan fingerprint density at radius 3 is 2.85 bits per heavy atom. The molecule has 0 aliphatic carbocycles. The second kappa shape index (κ2) is 4.97. The maximum Gasteiger partial charge on any atom is 0.277 e. The molecule has 0 bridgehead atoms. The van der Waals surface area contributed by atoms with Gasteiger partial charge >= 0.3 is 0 Å². The Hall–Kier alpha value is -2.34. The number of thiazole rings is 1. The fourth-order valence-electron chi connectivity index (χ4n) is 2.01. The monoisotopic (exact) mass is 284 g/mol. The molecule has 3 aromatic rings. The van der Waals surface area contributed by atoms with Crippen molar-refractivity contribution >= 4 is 32.6 Å². The van der Waals surface area contributed by atoms with Crippen molar-refractivity contribution < 1.29 is 4.79 Å². The number of aromatic nitrogens is 3. The summed E-state index contributed by atoms with van der Waals surface area (Å²) in [4.78, 5) is 24.3. The molecule has 20 heavy (non-hydrogen) atoms. The summed E-state index contributed by atoms with van der Waals surface area (Å²) in [5, 5.41) is 3.33. The molecule has 0 fully saturated rings. The zero-order valence-electron chi connectivity index (χ0n) is 11.0. The molecule has 5 nitrogen and oxygen atoms in total. The van der Waals surface area contributed by atoms with Crippen LogP contribution < -0.4 is 5.32 Å². The molecule has 6 heteroatoms. The van der Waals surface area contributed by atoms with Gasteiger partial charge in [0.15, 0.2) is 5.13 Å². The molecular weight excluding hydrogens is 272 g/mol. The van der Waals surface area contributed by atoms with Crippen LogP contribution in [0.2, 0.25) is 0 Å². The third kappa shape index (κ3) is 2.37. The second-order valence-corrected chi connectivity index (χ2v) is 5.49. The molecule has 100 valence electrons. The highest BCUT2D eigenvalue weighted by atomic mass is 32.1. The average molecular weight is 284 g/mol. The third-order valence-electron chi connectivity index (χ3n) is 2.84. The Morgan fingerprint density at radius 1 is 1.25 bits per heavy atom. The molecule has 0 radical (unpaired) electrons. The first-order valence-corrected chi connectivity index (χ1v) is 6.90. The summed E-state index contributed by atoms with van der Waals surface area (Å²) < 4.78 is 1.09. The van der Waals surface area contributed by atoms with E-state index < -0.39 is 0 Å². The van der Waals surface area contributed by atoms with E-state index in [4.69, 9.17) is 0 Å². The van der Waals surface area contributed by atoms with Crippen LogP contribution in [-0.2, 0) is 0 Å². The molecule has 3 rings (SSSR count). The molecule has 0 atom stereocenters. The van der Waals surface area contributed by atoms with E-state index in [1.165, 1.54) is 29.9 Å². The van der Waals surface area contributed by atoms with E-state index in [1.54, 1.807) is 0 Å². The average Bonchev–Trinajstić information content (AvgIpc) is 2.82. The van der Waals surface area contributed by atoms with Gasteiger partial charge in [-0.2, -0.15) is 0 Å². The summed E-state index contributed by atoms with van der Waals surface area (Å²) >= 11 is 1.46. The van der Waals surface area contributed by atoms with Crippen molar-refractivity contribution in [1.29, 1.82) is 0 Å². The highest BCUT2D eigenvalue weighted by molar-refractivity contribution is 7.22. The lowest BCUT2D eigenvalue weighted by molar-refractivity contribution is 0.102. The van der Waals surface area contributed by atoms with E-state index in [-0.39, 0.29) is 11.6 Å². The molecule has 2 heterocycles. The van der Waals surface area contributed by atoms with Crippen LogP contribution in [0.4, 0.5) is 5.13 Å². The molecule has 0 saturated carbocycles. The quantitative estimate of drug-likeness (QED) is 0.785. The number of aryl methyl sites for hydroxylation is 2. The Labute approximate surface area is 119 Å². The molecule has 0 aliphatic heterocycles. The SMILES string of the molecule is Cc1cc(C)c2sc(NC(=O)c3cnccn3)nc2c1. The van der Waals surface area contributed by atoms with E-state index in [2.05, 4.69) is 26.3 Å². The maximum absolute atomic E-state index is 12.0. The molecule has 2 aromatic heterocycles. The largest absolute Gasteiger partial charge is 0.296 e. The number of nitrogens with one attached hydrogen (secondary N) is 1. The van der Waals surface area contributed by atoms with Crippen LogP contribution in [0.25, 0.3) is 10.2 Å². The van der Waals surface area contributed by atoms with Crippen molar-refractivity contribution in [1.82, 2.24) is 15.0 Å². The van der Waals surface area contributed by atoms with Crippen molar-refractivity contribution in [3.63, 3.8) is 0 Å². The summed E-state index contributed by atoms with van der Waals surface area (Å²) in [6.07, 6.45) is 4.44. The number of rotatable bonds is 2. The van der Waals surface area contributed by atoms with Crippen molar-refractivity contribution in [2.45, 2.75) is 13.8 Å². The minimum atomic E-state index is -0.300. The van der Waals surface area contributed by atoms with Gasteiger partial charge in [0.05, 0.1) is 16.4 Å². The molecule has 1 amide bonds. The summed E-state index contributed by atoms with van der Waals surface area (Å²) in [5.41, 5.74) is 3.51. The third-order valence-corrected chi connectivity index (χ3v) is 3.96. The van der Waals surface area contributed by atoms with Crippen LogP contribution in [0.1, 0.15) is 21.6 Å². The number of carbonyl (C=O) groups is 1. The van der Waals surface area contributed by atoms with Gasteiger partial charge < -0.3 is 0 Å². The van der Waals surface area contributed by atoms with Crippen molar-refractivity contribution in [2.24, 2.45) is 0 Å². The van der Waals surface area contributed by atoms with Crippen LogP contribution in [0.15, 0.2) is 30.7 Å². The summed E-state index contributed by atoms with van der Waals surface area (Å²) in [6.45, 7) is 4.07. The van der Waals surface area contributed by atoms with Gasteiger partial charge in [0.1, 0.15) is 5.69 Å². The lowest BCUT2D eigenvalue weighted by Crippen LogP contribution is -2.13. The van der Waals surface area contributed by atoms with E-state index >= 15 is 0 Å². The fourth-order valence-corrected chi connectivity index (χ4v) is 2.92. The Morgan fingerprint density at radius 2 is 2.10 bits per heavy atom. The van der Waals surface area contributed by atoms with Gasteiger partial charge in [-0.25, -0.2) is 9.97 Å². The topological polar surface area (TPSA) is 67.8 Å². The highest BCUT2D eigenvalue weighted by Gasteiger charge is 2.12. The van der Waals surface area contributed by atoms with Crippen molar-refractivity contribution in [3.05, 3.63) is 47.5 Å². The maximum atomic E-state index is 12.0. The van der Waals surface area contributed by atoms with E-state index in [0.717, 1.165) is 21.3 Å². The van der Waals surface area contributed by atoms with Gasteiger partial charge in [0.25, 0.3) is 5.91 Å². The van der Waals surface area contributed by atoms with E-state index in [1.807, 2.05) is 19.9 Å². The Kier molecular flexibility index (Phi) is 3.15. The normalized spacial score (nSPS) is 10.7. The van der Waals surface area contributed by atoms with E-state index in [0.29, 0.717) is 5.13 Å². The number of nitrogens with zero attached hydrogens (tertiary/aromatic N) is 3. The van der Waals surface area contributed by atoms with Crippen LogP contribution in [0.3, 0.4) is 0 Å². The van der Waals surface area contributed by atoms with Gasteiger partial charge in [-0.1, -0.05) is 17.4 Å². The lowest BCUT2D eigenvalue weighted by Gasteiger charge is -1.98. The highest BCUT2D eigenvalue weighted by Crippen LogP contribution is 2.29. The van der Waals surface area contributed by atoms with Crippen molar-refractivity contribution in [2.75, 3.05) is 5.32 Å². The van der Waals surface area contributed by atoms with Crippen molar-refractivity contribution in [3.8, 4) is 0 Å². The smallest absolute Gasteiger partial charge is 0.277 e. The van der Waals surface area contributed by atoms with Gasteiger partial charge in [-0.3, -0.25) is 15.1 Å². The number of hydrogen-bond acceptors (Lipinski definition) is 5. The molecule has 0 spiro atoms. The summed E-state index contributed by atoms with van der Waals surface area (Å²) in [6, 6.07) is 4.12. The first-order chi connectivity index (χ1) is 9.63. The molecular formula is C14H12N4OS. The summed E-state index contributed by atoms with van der Waals surface area (Å²) in [7, 11) is 0. The van der Waals surface area contributed by atoms with Gasteiger partial charge in [-0.05, 0) is 31.0 Å². The second-order valence-electron chi connectivity index (χ2n) is 4.49. The fraction of sp³-hybridized carbons (Fsp3) is 0.143. The van der Waals surface area contributed by atoms with Gasteiger partial charge in [-0.15, -0.1) is 0 Å². The number of anilines is 1. The predicted molar refractivity (Wildman–Crippen MR) is 79.1 cm³/mol. The number of amides is 1.